The van der Waals surface area contributed by atoms with Crippen molar-refractivity contribution in [1.82, 2.24) is 0 Å². The van der Waals surface area contributed by atoms with Gasteiger partial charge in [0.25, 0.3) is 0 Å². The monoisotopic (exact) mass is 374 g/mol. The molecule has 3 unspecified atom stereocenters. The van der Waals surface area contributed by atoms with Crippen LogP contribution in [0.5, 0.6) is 0 Å². The molecular weight excluding hydrogens is 348 g/mol. The van der Waals surface area contributed by atoms with Crippen LogP contribution < -0.4 is 0 Å². The van der Waals surface area contributed by atoms with Crippen molar-refractivity contribution in [1.29, 1.82) is 0 Å². The molecule has 1 aliphatic carbocycles. The number of ketones is 1. The summed E-state index contributed by atoms with van der Waals surface area (Å²) in [6, 6.07) is 10.1. The standard InChI is InChI=1S/C21H26O4S/c1-6-10-14(2)25-18-16(13-15-11-8-7-9-12-15)21(26-5)17(22)19(23-3)20(18)24-4/h6-9,11-12,16,18,21H,1-2,10,13H2,3-5H3. The molecule has 0 saturated carbocycles. The Morgan fingerprint density at radius 1 is 1.23 bits per heavy atom. The van der Waals surface area contributed by atoms with E-state index in [1.165, 1.54) is 26.0 Å². The van der Waals surface area contributed by atoms with Crippen LogP contribution in [-0.2, 0) is 25.4 Å². The number of hydrogen-bond acceptors (Lipinski definition) is 5. The van der Waals surface area contributed by atoms with Gasteiger partial charge in [0.2, 0.25) is 11.5 Å². The highest BCUT2D eigenvalue weighted by Crippen LogP contribution is 2.39. The van der Waals surface area contributed by atoms with Crippen molar-refractivity contribution < 1.29 is 19.0 Å². The second kappa shape index (κ2) is 9.53. The molecule has 0 aliphatic heterocycles. The van der Waals surface area contributed by atoms with Crippen LogP contribution in [0.4, 0.5) is 0 Å². The molecule has 140 valence electrons. The van der Waals surface area contributed by atoms with Crippen LogP contribution in [0.25, 0.3) is 0 Å². The molecule has 1 aliphatic rings. The molecule has 0 heterocycles. The van der Waals surface area contributed by atoms with Gasteiger partial charge in [0.05, 0.1) is 25.2 Å². The molecule has 4 nitrogen and oxygen atoms in total. The second-order valence-electron chi connectivity index (χ2n) is 6.05. The maximum absolute atomic E-state index is 12.9. The highest BCUT2D eigenvalue weighted by atomic mass is 32.2. The first-order valence-electron chi connectivity index (χ1n) is 8.45. The van der Waals surface area contributed by atoms with E-state index in [0.29, 0.717) is 24.4 Å². The number of rotatable bonds is 9. The molecule has 0 spiro atoms. The van der Waals surface area contributed by atoms with Gasteiger partial charge >= 0.3 is 0 Å². The van der Waals surface area contributed by atoms with Gasteiger partial charge in [0.15, 0.2) is 11.9 Å². The smallest absolute Gasteiger partial charge is 0.214 e. The van der Waals surface area contributed by atoms with Crippen LogP contribution in [0.1, 0.15) is 12.0 Å². The van der Waals surface area contributed by atoms with Gasteiger partial charge in [-0.25, -0.2) is 0 Å². The zero-order valence-corrected chi connectivity index (χ0v) is 16.4. The van der Waals surface area contributed by atoms with Gasteiger partial charge in [-0.2, -0.15) is 11.8 Å². The lowest BCUT2D eigenvalue weighted by Crippen LogP contribution is -2.45. The molecule has 0 radical (unpaired) electrons. The van der Waals surface area contributed by atoms with Crippen LogP contribution in [-0.4, -0.2) is 37.6 Å². The number of ether oxygens (including phenoxy) is 3. The van der Waals surface area contributed by atoms with E-state index >= 15 is 0 Å². The second-order valence-corrected chi connectivity index (χ2v) is 7.02. The Hall–Kier alpha value is -2.14. The highest BCUT2D eigenvalue weighted by Gasteiger charge is 2.46. The topological polar surface area (TPSA) is 44.8 Å². The third-order valence-corrected chi connectivity index (χ3v) is 5.47. The molecule has 0 N–H and O–H groups in total. The van der Waals surface area contributed by atoms with E-state index in [-0.39, 0.29) is 22.7 Å². The van der Waals surface area contributed by atoms with Gasteiger partial charge < -0.3 is 14.2 Å². The molecule has 0 amide bonds. The summed E-state index contributed by atoms with van der Waals surface area (Å²) >= 11 is 1.51. The Kier molecular flexibility index (Phi) is 7.39. The molecule has 5 heteroatoms. The number of hydrogen-bond donors (Lipinski definition) is 0. The lowest BCUT2D eigenvalue weighted by molar-refractivity contribution is -0.122. The van der Waals surface area contributed by atoms with Crippen LogP contribution in [0.3, 0.4) is 0 Å². The average molecular weight is 375 g/mol. The van der Waals surface area contributed by atoms with E-state index in [0.717, 1.165) is 5.56 Å². The minimum absolute atomic E-state index is 0.0630. The number of benzene rings is 1. The normalized spacial score (nSPS) is 22.7. The van der Waals surface area contributed by atoms with Crippen LogP contribution in [0.15, 0.2) is 66.8 Å². The number of Topliss-reactive ketones (excluding diaryl/α,β-unsaturated/α-hetero) is 1. The summed E-state index contributed by atoms with van der Waals surface area (Å²) in [5.74, 6) is 1.08. The molecule has 0 saturated heterocycles. The molecule has 0 aromatic heterocycles. The number of thioether (sulfide) groups is 1. The summed E-state index contributed by atoms with van der Waals surface area (Å²) in [5, 5.41) is -0.286. The minimum atomic E-state index is -0.447. The van der Waals surface area contributed by atoms with E-state index in [4.69, 9.17) is 14.2 Å². The lowest BCUT2D eigenvalue weighted by atomic mass is 9.83. The number of methoxy groups -OCH3 is 2. The van der Waals surface area contributed by atoms with E-state index in [1.807, 2.05) is 24.5 Å². The third kappa shape index (κ3) is 4.33. The summed E-state index contributed by atoms with van der Waals surface area (Å²) in [4.78, 5) is 12.9. The van der Waals surface area contributed by atoms with Crippen molar-refractivity contribution in [2.75, 3.05) is 20.5 Å². The Bertz CT molecular complexity index is 681. The zero-order valence-electron chi connectivity index (χ0n) is 15.6. The fraction of sp³-hybridized carbons (Fsp3) is 0.381. The van der Waals surface area contributed by atoms with Crippen molar-refractivity contribution in [3.63, 3.8) is 0 Å². The Labute approximate surface area is 159 Å². The third-order valence-electron chi connectivity index (χ3n) is 4.40. The molecular formula is C21H26O4S. The Morgan fingerprint density at radius 2 is 1.92 bits per heavy atom. The zero-order chi connectivity index (χ0) is 19.1. The average Bonchev–Trinajstić information content (AvgIpc) is 2.64. The SMILES string of the molecule is C=CCC(=C)OC1C(OC)=C(OC)C(=O)C(SC)C1Cc1ccccc1. The van der Waals surface area contributed by atoms with Gasteiger partial charge in [-0.1, -0.05) is 43.0 Å². The summed E-state index contributed by atoms with van der Waals surface area (Å²) in [5.41, 5.74) is 1.14. The van der Waals surface area contributed by atoms with Gasteiger partial charge in [0, 0.05) is 12.3 Å². The predicted molar refractivity (Wildman–Crippen MR) is 106 cm³/mol. The van der Waals surface area contributed by atoms with E-state index in [9.17, 15) is 4.79 Å². The van der Waals surface area contributed by atoms with E-state index in [2.05, 4.69) is 25.3 Å². The van der Waals surface area contributed by atoms with E-state index < -0.39 is 6.10 Å². The Morgan fingerprint density at radius 3 is 2.46 bits per heavy atom. The quantitative estimate of drug-likeness (QED) is 0.480. The van der Waals surface area contributed by atoms with Crippen LogP contribution in [0.2, 0.25) is 0 Å². The molecule has 0 bridgehead atoms. The van der Waals surface area contributed by atoms with Crippen LogP contribution in [0, 0.1) is 5.92 Å². The Balaban J connectivity index is 2.46. The minimum Gasteiger partial charge on any atom is -0.493 e. The van der Waals surface area contributed by atoms with Gasteiger partial charge in [-0.05, 0) is 18.2 Å². The highest BCUT2D eigenvalue weighted by molar-refractivity contribution is 8.00. The molecule has 0 fully saturated rings. The van der Waals surface area contributed by atoms with Crippen molar-refractivity contribution in [2.45, 2.75) is 24.2 Å². The maximum Gasteiger partial charge on any atom is 0.214 e. The molecule has 3 atom stereocenters. The predicted octanol–water partition coefficient (Wildman–Crippen LogP) is 4.14. The first-order chi connectivity index (χ1) is 12.6. The van der Waals surface area contributed by atoms with Gasteiger partial charge in [-0.15, -0.1) is 6.58 Å². The number of allylic oxidation sites excluding steroid dienone is 2. The largest absolute Gasteiger partial charge is 0.493 e. The first-order valence-corrected chi connectivity index (χ1v) is 9.74. The molecule has 26 heavy (non-hydrogen) atoms. The van der Waals surface area contributed by atoms with Gasteiger partial charge in [-0.3, -0.25) is 4.79 Å². The maximum atomic E-state index is 12.9. The summed E-state index contributed by atoms with van der Waals surface area (Å²) in [7, 11) is 3.02. The number of carbonyl (C=O) groups excluding carboxylic acids is 1. The van der Waals surface area contributed by atoms with Gasteiger partial charge in [0.1, 0.15) is 0 Å². The van der Waals surface area contributed by atoms with E-state index in [1.54, 1.807) is 6.08 Å². The fourth-order valence-electron chi connectivity index (χ4n) is 3.25. The first kappa shape index (κ1) is 20.2. The summed E-state index contributed by atoms with van der Waals surface area (Å²) in [6.07, 6.45) is 4.45. The van der Waals surface area contributed by atoms with Crippen molar-refractivity contribution in [2.24, 2.45) is 5.92 Å². The lowest BCUT2D eigenvalue weighted by Gasteiger charge is -2.38. The van der Waals surface area contributed by atoms with Crippen molar-refractivity contribution >= 4 is 17.5 Å². The van der Waals surface area contributed by atoms with Crippen molar-refractivity contribution in [3.05, 3.63) is 72.4 Å². The molecule has 1 aromatic rings. The molecule has 2 rings (SSSR count). The van der Waals surface area contributed by atoms with Crippen LogP contribution >= 0.6 is 11.8 Å². The fourth-order valence-corrected chi connectivity index (χ4v) is 4.16. The van der Waals surface area contributed by atoms with Crippen molar-refractivity contribution in [3.8, 4) is 0 Å². The summed E-state index contributed by atoms with van der Waals surface area (Å²) in [6.45, 7) is 7.69. The number of carbonyl (C=O) groups is 1. The summed E-state index contributed by atoms with van der Waals surface area (Å²) < 4.78 is 17.1. The molecule has 1 aromatic carbocycles.